The number of aromatic nitrogens is 4. The predicted molar refractivity (Wildman–Crippen MR) is 92.7 cm³/mol. The monoisotopic (exact) mass is 347 g/mol. The van der Waals surface area contributed by atoms with Crippen molar-refractivity contribution in [1.82, 2.24) is 20.4 Å². The van der Waals surface area contributed by atoms with Crippen molar-refractivity contribution in [3.05, 3.63) is 35.7 Å². The molecule has 2 heterocycles. The van der Waals surface area contributed by atoms with Crippen molar-refractivity contribution in [3.63, 3.8) is 0 Å². The van der Waals surface area contributed by atoms with Crippen LogP contribution in [0.2, 0.25) is 0 Å². The predicted octanol–water partition coefficient (Wildman–Crippen LogP) is 4.01. The van der Waals surface area contributed by atoms with Crippen molar-refractivity contribution >= 4 is 28.2 Å². The molecule has 0 saturated heterocycles. The summed E-state index contributed by atoms with van der Waals surface area (Å²) in [7, 11) is 0. The lowest BCUT2D eigenvalue weighted by Crippen LogP contribution is -1.98. The third kappa shape index (κ3) is 4.29. The van der Waals surface area contributed by atoms with Crippen LogP contribution in [0.4, 0.5) is 5.13 Å². The van der Waals surface area contributed by atoms with Crippen LogP contribution in [-0.2, 0) is 5.75 Å². The van der Waals surface area contributed by atoms with E-state index in [2.05, 4.69) is 32.6 Å². The Morgan fingerprint density at radius 3 is 2.74 bits per heavy atom. The van der Waals surface area contributed by atoms with Crippen molar-refractivity contribution in [3.8, 4) is 11.5 Å². The van der Waals surface area contributed by atoms with Crippen LogP contribution in [0.5, 0.6) is 0 Å². The van der Waals surface area contributed by atoms with E-state index in [1.165, 1.54) is 16.9 Å². The highest BCUT2D eigenvalue weighted by Gasteiger charge is 2.11. The van der Waals surface area contributed by atoms with Crippen LogP contribution in [0.1, 0.15) is 24.8 Å². The molecule has 120 valence electrons. The van der Waals surface area contributed by atoms with Gasteiger partial charge in [-0.15, -0.1) is 20.4 Å². The summed E-state index contributed by atoms with van der Waals surface area (Å²) < 4.78 is 6.59. The van der Waals surface area contributed by atoms with Crippen molar-refractivity contribution < 1.29 is 4.42 Å². The number of hydrogen-bond donors (Lipinski definition) is 1. The molecular formula is C15H17N5OS2. The molecule has 0 aliphatic carbocycles. The van der Waals surface area contributed by atoms with Crippen molar-refractivity contribution in [2.45, 2.75) is 30.4 Å². The molecule has 23 heavy (non-hydrogen) atoms. The van der Waals surface area contributed by atoms with Gasteiger partial charge in [-0.1, -0.05) is 47.7 Å². The maximum atomic E-state index is 5.70. The maximum Gasteiger partial charge on any atom is 0.247 e. The topological polar surface area (TPSA) is 76.7 Å². The third-order valence-corrected chi connectivity index (χ3v) is 5.02. The van der Waals surface area contributed by atoms with Crippen molar-refractivity contribution in [2.24, 2.45) is 0 Å². The van der Waals surface area contributed by atoms with Gasteiger partial charge in [-0.05, 0) is 25.5 Å². The first-order valence-corrected chi connectivity index (χ1v) is 9.14. The number of rotatable bonds is 7. The van der Waals surface area contributed by atoms with E-state index in [9.17, 15) is 0 Å². The second-order valence-electron chi connectivity index (χ2n) is 4.96. The Hall–Kier alpha value is -1.93. The Morgan fingerprint density at radius 1 is 1.13 bits per heavy atom. The minimum absolute atomic E-state index is 0.545. The lowest BCUT2D eigenvalue weighted by Gasteiger charge is -1.96. The smallest absolute Gasteiger partial charge is 0.247 e. The van der Waals surface area contributed by atoms with E-state index in [0.29, 0.717) is 17.5 Å². The molecule has 0 amide bonds. The number of thioether (sulfide) groups is 1. The molecule has 0 spiro atoms. The normalized spacial score (nSPS) is 10.9. The fraction of sp³-hybridized carbons (Fsp3) is 0.333. The molecule has 0 aliphatic heterocycles. The summed E-state index contributed by atoms with van der Waals surface area (Å²) in [6.45, 7) is 5.07. The first-order chi connectivity index (χ1) is 11.2. The van der Waals surface area contributed by atoms with Crippen LogP contribution < -0.4 is 5.32 Å². The molecule has 1 aromatic carbocycles. The fourth-order valence-electron chi connectivity index (χ4n) is 1.82. The van der Waals surface area contributed by atoms with Gasteiger partial charge in [-0.2, -0.15) is 0 Å². The van der Waals surface area contributed by atoms with Gasteiger partial charge in [-0.25, -0.2) is 0 Å². The number of nitrogens with one attached hydrogen (secondary N) is 1. The largest absolute Gasteiger partial charge is 0.420 e. The molecule has 1 N–H and O–H groups in total. The van der Waals surface area contributed by atoms with Crippen LogP contribution in [0, 0.1) is 6.92 Å². The Balaban J connectivity index is 1.58. The summed E-state index contributed by atoms with van der Waals surface area (Å²) in [4.78, 5) is 0. The number of benzene rings is 1. The number of aryl methyl sites for hydroxylation is 1. The lowest BCUT2D eigenvalue weighted by atomic mass is 10.1. The summed E-state index contributed by atoms with van der Waals surface area (Å²) in [5.74, 6) is 1.72. The molecule has 2 aromatic heterocycles. The molecule has 0 saturated carbocycles. The zero-order chi connectivity index (χ0) is 16.1. The molecule has 6 nitrogen and oxygen atoms in total. The summed E-state index contributed by atoms with van der Waals surface area (Å²) >= 11 is 3.08. The van der Waals surface area contributed by atoms with Crippen molar-refractivity contribution in [2.75, 3.05) is 11.9 Å². The van der Waals surface area contributed by atoms with Gasteiger partial charge in [0.2, 0.25) is 16.9 Å². The highest BCUT2D eigenvalue weighted by atomic mass is 32.2. The highest BCUT2D eigenvalue weighted by Crippen LogP contribution is 2.28. The molecule has 3 aromatic rings. The average molecular weight is 347 g/mol. The summed E-state index contributed by atoms with van der Waals surface area (Å²) in [6, 6.07) is 8.02. The lowest BCUT2D eigenvalue weighted by molar-refractivity contribution is 0.528. The van der Waals surface area contributed by atoms with Gasteiger partial charge in [0.15, 0.2) is 4.34 Å². The van der Waals surface area contributed by atoms with E-state index >= 15 is 0 Å². The second kappa shape index (κ2) is 7.56. The summed E-state index contributed by atoms with van der Waals surface area (Å²) in [5.41, 5.74) is 2.13. The van der Waals surface area contributed by atoms with Gasteiger partial charge >= 0.3 is 0 Å². The van der Waals surface area contributed by atoms with Crippen molar-refractivity contribution in [1.29, 1.82) is 0 Å². The third-order valence-electron chi connectivity index (χ3n) is 3.02. The van der Waals surface area contributed by atoms with Gasteiger partial charge in [0.1, 0.15) is 0 Å². The minimum Gasteiger partial charge on any atom is -0.420 e. The zero-order valence-electron chi connectivity index (χ0n) is 12.9. The van der Waals surface area contributed by atoms with E-state index in [1.54, 1.807) is 11.8 Å². The molecule has 0 unspecified atom stereocenters. The Kier molecular flexibility index (Phi) is 5.24. The molecule has 8 heteroatoms. The summed E-state index contributed by atoms with van der Waals surface area (Å²) in [6.07, 6.45) is 1.06. The van der Waals surface area contributed by atoms with Crippen LogP contribution in [0.15, 0.2) is 33.0 Å². The highest BCUT2D eigenvalue weighted by molar-refractivity contribution is 8.00. The fourth-order valence-corrected chi connectivity index (χ4v) is 3.43. The van der Waals surface area contributed by atoms with E-state index in [-0.39, 0.29) is 0 Å². The average Bonchev–Trinajstić information content (AvgIpc) is 3.21. The Morgan fingerprint density at radius 2 is 1.96 bits per heavy atom. The van der Waals surface area contributed by atoms with Gasteiger partial charge in [0, 0.05) is 12.1 Å². The molecule has 3 rings (SSSR count). The molecular weight excluding hydrogens is 330 g/mol. The first-order valence-electron chi connectivity index (χ1n) is 7.34. The van der Waals surface area contributed by atoms with Crippen LogP contribution in [0.25, 0.3) is 11.5 Å². The quantitative estimate of drug-likeness (QED) is 0.647. The minimum atomic E-state index is 0.545. The molecule has 0 fully saturated rings. The van der Waals surface area contributed by atoms with E-state index in [1.807, 2.05) is 31.2 Å². The van der Waals surface area contributed by atoms with Gasteiger partial charge in [0.25, 0.3) is 0 Å². The standard InChI is InChI=1S/C15H17N5OS2/c1-3-8-16-14-19-20-15(23-14)22-9-12-17-18-13(21-12)11-6-4-10(2)5-7-11/h4-7H,3,8-9H2,1-2H3,(H,16,19). The van der Waals surface area contributed by atoms with Crippen LogP contribution >= 0.6 is 23.1 Å². The Labute approximate surface area is 142 Å². The summed E-state index contributed by atoms with van der Waals surface area (Å²) in [5, 5.41) is 20.5. The molecule has 0 aliphatic rings. The van der Waals surface area contributed by atoms with E-state index in [4.69, 9.17) is 4.42 Å². The zero-order valence-corrected chi connectivity index (χ0v) is 14.6. The van der Waals surface area contributed by atoms with Crippen LogP contribution in [0.3, 0.4) is 0 Å². The Bertz CT molecular complexity index is 753. The van der Waals surface area contributed by atoms with E-state index < -0.39 is 0 Å². The van der Waals surface area contributed by atoms with Gasteiger partial charge in [0.05, 0.1) is 5.75 Å². The molecule has 0 radical (unpaired) electrons. The van der Waals surface area contributed by atoms with E-state index in [0.717, 1.165) is 28.0 Å². The number of hydrogen-bond acceptors (Lipinski definition) is 8. The molecule has 0 bridgehead atoms. The first kappa shape index (κ1) is 15.9. The SMILES string of the molecule is CCCNc1nnc(SCc2nnc(-c3ccc(C)cc3)o2)s1. The number of nitrogens with zero attached hydrogens (tertiary/aromatic N) is 4. The number of anilines is 1. The van der Waals surface area contributed by atoms with Crippen LogP contribution in [-0.4, -0.2) is 26.9 Å². The second-order valence-corrected chi connectivity index (χ2v) is 7.16. The van der Waals surface area contributed by atoms with Gasteiger partial charge in [-0.3, -0.25) is 0 Å². The maximum absolute atomic E-state index is 5.70. The van der Waals surface area contributed by atoms with Gasteiger partial charge < -0.3 is 9.73 Å². The molecule has 0 atom stereocenters.